The maximum atomic E-state index is 12.0. The third-order valence-corrected chi connectivity index (χ3v) is 0.961. The maximum absolute atomic E-state index is 12.0. The van der Waals surface area contributed by atoms with Crippen molar-refractivity contribution in [1.29, 1.82) is 0 Å². The summed E-state index contributed by atoms with van der Waals surface area (Å²) in [7, 11) is 2.48. The van der Waals surface area contributed by atoms with Crippen LogP contribution in [0.2, 0.25) is 0 Å². The van der Waals surface area contributed by atoms with Gasteiger partial charge in [-0.05, 0) is 34.9 Å². The van der Waals surface area contributed by atoms with Crippen LogP contribution in [0.15, 0.2) is 0 Å². The Morgan fingerprint density at radius 3 is 2.36 bits per heavy atom. The lowest BCUT2D eigenvalue weighted by Crippen LogP contribution is -2.37. The fraction of sp³-hybridized carbons (Fsp3) is 0.900. The monoisotopic (exact) mass is 209 g/mol. The van der Waals surface area contributed by atoms with Crippen LogP contribution in [0.3, 0.4) is 0 Å². The molecule has 0 saturated carbocycles. The van der Waals surface area contributed by atoms with Crippen molar-refractivity contribution in [3.05, 3.63) is 0 Å². The maximum Gasteiger partial charge on any atom is 0.410 e. The molecule has 0 aromatic carbocycles. The number of amides is 1. The molecule has 0 unspecified atom stereocenters. The zero-order valence-corrected chi connectivity index (χ0v) is 9.21. The summed E-state index contributed by atoms with van der Waals surface area (Å²) in [5, 5.41) is 0. The Morgan fingerprint density at radius 2 is 2.00 bits per heavy atom. The average molecular weight is 209 g/mol. The molecule has 84 valence electrons. The van der Waals surface area contributed by atoms with Crippen molar-refractivity contribution < 1.29 is 19.1 Å². The van der Waals surface area contributed by atoms with Crippen molar-refractivity contribution >= 4 is 6.09 Å². The summed E-state index contributed by atoms with van der Waals surface area (Å²) in [5.74, 6) is 0. The number of likely N-dealkylation sites (N-methyl/N-ethyl adjacent to an activating group) is 2. The van der Waals surface area contributed by atoms with Gasteiger partial charge in [-0.3, -0.25) is 0 Å². The Hall–Kier alpha value is -0.770. The van der Waals surface area contributed by atoms with Gasteiger partial charge in [0.1, 0.15) is 5.60 Å². The highest BCUT2D eigenvalue weighted by atomic mass is 16.6. The molecular formula is C10H22N2O2. The Bertz CT molecular complexity index is 388. The quantitative estimate of drug-likeness (QED) is 0.704. The molecule has 4 heteroatoms. The molecule has 0 saturated heterocycles. The molecule has 0 rings (SSSR count). The van der Waals surface area contributed by atoms with Gasteiger partial charge in [-0.1, -0.05) is 0 Å². The van der Waals surface area contributed by atoms with Gasteiger partial charge in [0.2, 0.25) is 0 Å². The Labute approximate surface area is 96.7 Å². The molecule has 0 atom stereocenters. The van der Waals surface area contributed by atoms with Crippen LogP contribution in [-0.2, 0) is 4.74 Å². The van der Waals surface area contributed by atoms with E-state index >= 15 is 0 Å². The van der Waals surface area contributed by atoms with Crippen LogP contribution in [0.25, 0.3) is 0 Å². The third kappa shape index (κ3) is 6.71. The second kappa shape index (κ2) is 5.20. The Kier molecular flexibility index (Phi) is 1.99. The molecule has 0 aliphatic carbocycles. The third-order valence-electron chi connectivity index (χ3n) is 0.961. The van der Waals surface area contributed by atoms with Gasteiger partial charge >= 0.3 is 6.09 Å². The minimum atomic E-state index is -3.20. The number of hydrogen-bond donors (Lipinski definition) is 0. The summed E-state index contributed by atoms with van der Waals surface area (Å²) in [6.07, 6.45) is -1.45. The van der Waals surface area contributed by atoms with Crippen molar-refractivity contribution in [2.75, 3.05) is 34.1 Å². The minimum absolute atomic E-state index is 0.175. The fourth-order valence-corrected chi connectivity index (χ4v) is 0.503. The van der Waals surface area contributed by atoms with Crippen molar-refractivity contribution in [3.63, 3.8) is 0 Å². The van der Waals surface area contributed by atoms with Gasteiger partial charge in [0.25, 0.3) is 0 Å². The molecule has 0 aromatic heterocycles. The summed E-state index contributed by atoms with van der Waals surface area (Å²) in [6.45, 7) is -4.58. The molecule has 0 aliphatic rings. The van der Waals surface area contributed by atoms with Gasteiger partial charge in [-0.25, -0.2) is 4.79 Å². The lowest BCUT2D eigenvalue weighted by Gasteiger charge is -2.25. The van der Waals surface area contributed by atoms with Crippen molar-refractivity contribution in [2.24, 2.45) is 0 Å². The summed E-state index contributed by atoms with van der Waals surface area (Å²) in [4.78, 5) is 12.7. The van der Waals surface area contributed by atoms with Gasteiger partial charge in [-0.2, -0.15) is 0 Å². The van der Waals surface area contributed by atoms with Crippen LogP contribution in [0.5, 0.6) is 0 Å². The topological polar surface area (TPSA) is 32.8 Å². The predicted octanol–water partition coefficient (Wildman–Crippen LogP) is 1.41. The first-order valence-electron chi connectivity index (χ1n) is 7.65. The molecule has 0 fully saturated rings. The van der Waals surface area contributed by atoms with Crippen molar-refractivity contribution in [1.82, 2.24) is 9.80 Å². The van der Waals surface area contributed by atoms with E-state index in [1.54, 1.807) is 0 Å². The zero-order valence-electron chi connectivity index (χ0n) is 16.2. The first-order chi connectivity index (χ1) is 8.94. The van der Waals surface area contributed by atoms with Gasteiger partial charge < -0.3 is 14.5 Å². The SMILES string of the molecule is [2H]C([2H])([2H])N(C(=O)OC(C)(C)C)C([2H])([2H])C([2H])([2H])N(C)C. The van der Waals surface area contributed by atoms with E-state index in [1.807, 2.05) is 0 Å². The molecule has 0 N–H and O–H groups in total. The van der Waals surface area contributed by atoms with Gasteiger partial charge in [0.15, 0.2) is 0 Å². The molecule has 4 nitrogen and oxygen atoms in total. The largest absolute Gasteiger partial charge is 0.444 e. The Balaban J connectivity index is 5.81. The normalized spacial score (nSPS) is 22.0. The second-order valence-electron chi connectivity index (χ2n) is 3.93. The van der Waals surface area contributed by atoms with Crippen LogP contribution in [0, 0.1) is 0 Å². The molecule has 14 heavy (non-hydrogen) atoms. The highest BCUT2D eigenvalue weighted by Crippen LogP contribution is 2.08. The lowest BCUT2D eigenvalue weighted by molar-refractivity contribution is 0.0290. The second-order valence-corrected chi connectivity index (χ2v) is 3.93. The van der Waals surface area contributed by atoms with E-state index in [0.29, 0.717) is 0 Å². The van der Waals surface area contributed by atoms with E-state index < -0.39 is 31.7 Å². The fourth-order valence-electron chi connectivity index (χ4n) is 0.503. The molecule has 0 aliphatic heterocycles. The highest BCUT2D eigenvalue weighted by molar-refractivity contribution is 5.67. The van der Waals surface area contributed by atoms with Gasteiger partial charge in [0, 0.05) is 26.8 Å². The van der Waals surface area contributed by atoms with E-state index in [1.165, 1.54) is 34.9 Å². The standard InChI is InChI=1S/C10H22N2O2/c1-10(2,3)14-9(13)12(6)8-7-11(4)5/h7-8H2,1-6H3/i6D3,7D2,8D2. The summed E-state index contributed by atoms with van der Waals surface area (Å²) in [6, 6.07) is 0. The Morgan fingerprint density at radius 1 is 1.43 bits per heavy atom. The van der Waals surface area contributed by atoms with Crippen LogP contribution in [0.1, 0.15) is 30.4 Å². The van der Waals surface area contributed by atoms with E-state index in [-0.39, 0.29) is 4.90 Å². The first-order valence-corrected chi connectivity index (χ1v) is 4.15. The molecular weight excluding hydrogens is 180 g/mol. The van der Waals surface area contributed by atoms with Crippen LogP contribution in [0.4, 0.5) is 4.79 Å². The molecule has 0 heterocycles. The number of carbonyl (C=O) groups excluding carboxylic acids is 1. The van der Waals surface area contributed by atoms with Gasteiger partial charge in [0.05, 0.1) is 2.74 Å². The van der Waals surface area contributed by atoms with Crippen molar-refractivity contribution in [2.45, 2.75) is 26.4 Å². The lowest BCUT2D eigenvalue weighted by atomic mass is 10.2. The average Bonchev–Trinajstić information content (AvgIpc) is 2.09. The molecule has 0 radical (unpaired) electrons. The number of nitrogens with zero attached hydrogens (tertiary/aromatic N) is 2. The number of carbonyl (C=O) groups is 1. The summed E-state index contributed by atoms with van der Waals surface area (Å²) in [5.41, 5.74) is -1.04. The molecule has 0 bridgehead atoms. The predicted molar refractivity (Wildman–Crippen MR) is 57.4 cm³/mol. The van der Waals surface area contributed by atoms with E-state index in [2.05, 4.69) is 0 Å². The minimum Gasteiger partial charge on any atom is -0.444 e. The number of ether oxygens (including phenoxy) is 1. The van der Waals surface area contributed by atoms with E-state index in [0.717, 1.165) is 4.90 Å². The first kappa shape index (κ1) is 5.35. The molecule has 0 aromatic rings. The molecule has 1 amide bonds. The van der Waals surface area contributed by atoms with E-state index in [4.69, 9.17) is 14.3 Å². The summed E-state index contributed by atoms with van der Waals surface area (Å²) < 4.78 is 58.0. The summed E-state index contributed by atoms with van der Waals surface area (Å²) >= 11 is 0. The van der Waals surface area contributed by atoms with Crippen molar-refractivity contribution in [3.8, 4) is 0 Å². The zero-order chi connectivity index (χ0) is 17.4. The number of rotatable bonds is 3. The van der Waals surface area contributed by atoms with Crippen LogP contribution in [-0.4, -0.2) is 55.6 Å². The van der Waals surface area contributed by atoms with Crippen LogP contribution < -0.4 is 0 Å². The smallest absolute Gasteiger partial charge is 0.410 e. The van der Waals surface area contributed by atoms with Crippen LogP contribution >= 0.6 is 0 Å². The highest BCUT2D eigenvalue weighted by Gasteiger charge is 2.19. The number of hydrogen-bond acceptors (Lipinski definition) is 3. The van der Waals surface area contributed by atoms with E-state index in [9.17, 15) is 4.79 Å². The molecule has 0 spiro atoms. The van der Waals surface area contributed by atoms with Gasteiger partial charge in [-0.15, -0.1) is 0 Å².